The summed E-state index contributed by atoms with van der Waals surface area (Å²) in [6.07, 6.45) is 1.43. The molecule has 0 saturated carbocycles. The molecule has 1 aliphatic rings. The minimum absolute atomic E-state index is 0.0259. The van der Waals surface area contributed by atoms with Crippen molar-refractivity contribution in [2.24, 2.45) is 5.92 Å². The van der Waals surface area contributed by atoms with E-state index in [2.05, 4.69) is 21.2 Å². The van der Waals surface area contributed by atoms with Gasteiger partial charge in [-0.25, -0.2) is 0 Å². The van der Waals surface area contributed by atoms with Gasteiger partial charge in [0, 0.05) is 23.5 Å². The van der Waals surface area contributed by atoms with E-state index in [1.54, 1.807) is 0 Å². The standard InChI is InChI=1S/C19H21BrN2O2S/c1-13(15-4-2-5-16(20)12-15)21-18(23)14-7-9-22(10-8-14)19(24)17-6-3-11-25-17/h2-6,11-14H,7-10H2,1H3,(H,21,23). The average Bonchev–Trinajstić information content (AvgIpc) is 3.16. The predicted octanol–water partition coefficient (Wildman–Crippen LogP) is 4.24. The second-order valence-corrected chi connectivity index (χ2v) is 8.19. The van der Waals surface area contributed by atoms with Crippen molar-refractivity contribution in [3.63, 3.8) is 0 Å². The Hall–Kier alpha value is -1.66. The highest BCUT2D eigenvalue weighted by molar-refractivity contribution is 9.10. The average molecular weight is 421 g/mol. The maximum Gasteiger partial charge on any atom is 0.263 e. The Morgan fingerprint density at radius 1 is 1.24 bits per heavy atom. The summed E-state index contributed by atoms with van der Waals surface area (Å²) in [4.78, 5) is 27.5. The molecular formula is C19H21BrN2O2S. The van der Waals surface area contributed by atoms with Gasteiger partial charge in [0.05, 0.1) is 10.9 Å². The maximum absolute atomic E-state index is 12.5. The van der Waals surface area contributed by atoms with Gasteiger partial charge in [0.25, 0.3) is 5.91 Å². The molecule has 6 heteroatoms. The van der Waals surface area contributed by atoms with Crippen molar-refractivity contribution >= 4 is 39.1 Å². The highest BCUT2D eigenvalue weighted by Gasteiger charge is 2.28. The Bertz CT molecular complexity index is 740. The number of piperidine rings is 1. The first-order chi connectivity index (χ1) is 12.0. The number of carbonyl (C=O) groups is 2. The number of nitrogens with zero attached hydrogens (tertiary/aromatic N) is 1. The molecule has 0 spiro atoms. The number of hydrogen-bond acceptors (Lipinski definition) is 3. The van der Waals surface area contributed by atoms with Crippen LogP contribution in [-0.2, 0) is 4.79 Å². The predicted molar refractivity (Wildman–Crippen MR) is 104 cm³/mol. The second-order valence-electron chi connectivity index (χ2n) is 6.33. The Morgan fingerprint density at radius 3 is 2.64 bits per heavy atom. The number of likely N-dealkylation sites (tertiary alicyclic amines) is 1. The van der Waals surface area contributed by atoms with Gasteiger partial charge in [-0.05, 0) is 48.9 Å². The molecule has 132 valence electrons. The van der Waals surface area contributed by atoms with Gasteiger partial charge in [-0.3, -0.25) is 9.59 Å². The third-order valence-corrected chi connectivity index (χ3v) is 5.94. The molecule has 2 heterocycles. The van der Waals surface area contributed by atoms with Crippen LogP contribution in [0.3, 0.4) is 0 Å². The van der Waals surface area contributed by atoms with Crippen molar-refractivity contribution in [1.82, 2.24) is 10.2 Å². The molecule has 1 unspecified atom stereocenters. The van der Waals surface area contributed by atoms with E-state index < -0.39 is 0 Å². The normalized spacial score (nSPS) is 16.5. The van der Waals surface area contributed by atoms with Gasteiger partial charge in [-0.2, -0.15) is 0 Å². The molecule has 0 aliphatic carbocycles. The van der Waals surface area contributed by atoms with Gasteiger partial charge >= 0.3 is 0 Å². The van der Waals surface area contributed by atoms with E-state index in [9.17, 15) is 9.59 Å². The van der Waals surface area contributed by atoms with E-state index in [0.717, 1.165) is 14.9 Å². The molecule has 1 aliphatic heterocycles. The van der Waals surface area contributed by atoms with Gasteiger partial charge < -0.3 is 10.2 Å². The number of nitrogens with one attached hydrogen (secondary N) is 1. The third kappa shape index (κ3) is 4.50. The van der Waals surface area contributed by atoms with Crippen LogP contribution in [0.5, 0.6) is 0 Å². The third-order valence-electron chi connectivity index (χ3n) is 4.59. The highest BCUT2D eigenvalue weighted by Crippen LogP contribution is 2.23. The van der Waals surface area contributed by atoms with Gasteiger partial charge in [0.2, 0.25) is 5.91 Å². The molecule has 1 aromatic carbocycles. The van der Waals surface area contributed by atoms with E-state index >= 15 is 0 Å². The van der Waals surface area contributed by atoms with Crippen LogP contribution >= 0.6 is 27.3 Å². The molecule has 0 bridgehead atoms. The fraction of sp³-hybridized carbons (Fsp3) is 0.368. The zero-order valence-corrected chi connectivity index (χ0v) is 16.5. The highest BCUT2D eigenvalue weighted by atomic mass is 79.9. The van der Waals surface area contributed by atoms with Gasteiger partial charge in [0.15, 0.2) is 0 Å². The molecule has 1 aromatic heterocycles. The largest absolute Gasteiger partial charge is 0.349 e. The molecule has 0 radical (unpaired) electrons. The first-order valence-corrected chi connectivity index (χ1v) is 10.1. The molecule has 1 fully saturated rings. The summed E-state index contributed by atoms with van der Waals surface area (Å²) < 4.78 is 1.01. The summed E-state index contributed by atoms with van der Waals surface area (Å²) in [5.41, 5.74) is 1.08. The van der Waals surface area contributed by atoms with E-state index in [4.69, 9.17) is 0 Å². The van der Waals surface area contributed by atoms with Gasteiger partial charge in [-0.15, -0.1) is 11.3 Å². The summed E-state index contributed by atoms with van der Waals surface area (Å²) in [7, 11) is 0. The van der Waals surface area contributed by atoms with Crippen LogP contribution in [0.2, 0.25) is 0 Å². The van der Waals surface area contributed by atoms with Crippen molar-refractivity contribution in [2.45, 2.75) is 25.8 Å². The van der Waals surface area contributed by atoms with Crippen molar-refractivity contribution in [3.8, 4) is 0 Å². The van der Waals surface area contributed by atoms with Crippen LogP contribution in [0.4, 0.5) is 0 Å². The Balaban J connectivity index is 1.52. The molecule has 1 N–H and O–H groups in total. The Morgan fingerprint density at radius 2 is 2.00 bits per heavy atom. The number of halogens is 1. The summed E-state index contributed by atoms with van der Waals surface area (Å²) >= 11 is 4.93. The van der Waals surface area contributed by atoms with Crippen LogP contribution in [0.25, 0.3) is 0 Å². The van der Waals surface area contributed by atoms with E-state index in [-0.39, 0.29) is 23.8 Å². The first-order valence-electron chi connectivity index (χ1n) is 8.43. The molecule has 2 amide bonds. The number of amides is 2. The number of benzene rings is 1. The number of hydrogen-bond donors (Lipinski definition) is 1. The van der Waals surface area contributed by atoms with E-state index in [1.807, 2.05) is 53.6 Å². The topological polar surface area (TPSA) is 49.4 Å². The lowest BCUT2D eigenvalue weighted by atomic mass is 9.95. The quantitative estimate of drug-likeness (QED) is 0.803. The zero-order valence-electron chi connectivity index (χ0n) is 14.1. The Labute approximate surface area is 160 Å². The number of thiophene rings is 1. The molecule has 3 rings (SSSR count). The zero-order chi connectivity index (χ0) is 17.8. The molecular weight excluding hydrogens is 400 g/mol. The summed E-state index contributed by atoms with van der Waals surface area (Å²) in [5.74, 6) is 0.133. The van der Waals surface area contributed by atoms with E-state index in [0.29, 0.717) is 25.9 Å². The lowest BCUT2D eigenvalue weighted by Gasteiger charge is -2.31. The second kappa shape index (κ2) is 8.15. The van der Waals surface area contributed by atoms with Gasteiger partial charge in [0.1, 0.15) is 0 Å². The van der Waals surface area contributed by atoms with Crippen LogP contribution in [0, 0.1) is 5.92 Å². The molecule has 4 nitrogen and oxygen atoms in total. The fourth-order valence-electron chi connectivity index (χ4n) is 3.09. The van der Waals surface area contributed by atoms with Crippen LogP contribution in [-0.4, -0.2) is 29.8 Å². The summed E-state index contributed by atoms with van der Waals surface area (Å²) in [6.45, 7) is 3.27. The molecule has 2 aromatic rings. The van der Waals surface area contributed by atoms with Crippen molar-refractivity contribution in [2.75, 3.05) is 13.1 Å². The monoisotopic (exact) mass is 420 g/mol. The summed E-state index contributed by atoms with van der Waals surface area (Å²) in [5, 5.41) is 5.02. The van der Waals surface area contributed by atoms with E-state index in [1.165, 1.54) is 11.3 Å². The Kier molecular flexibility index (Phi) is 5.91. The lowest BCUT2D eigenvalue weighted by molar-refractivity contribution is -0.126. The molecule has 1 atom stereocenters. The fourth-order valence-corrected chi connectivity index (χ4v) is 4.20. The lowest BCUT2D eigenvalue weighted by Crippen LogP contribution is -2.43. The minimum Gasteiger partial charge on any atom is -0.349 e. The SMILES string of the molecule is CC(NC(=O)C1CCN(C(=O)c2cccs2)CC1)c1cccc(Br)c1. The van der Waals surface area contributed by atoms with Crippen molar-refractivity contribution in [3.05, 3.63) is 56.7 Å². The smallest absolute Gasteiger partial charge is 0.263 e. The van der Waals surface area contributed by atoms with Gasteiger partial charge in [-0.1, -0.05) is 34.1 Å². The van der Waals surface area contributed by atoms with Crippen LogP contribution in [0.1, 0.15) is 41.0 Å². The molecule has 1 saturated heterocycles. The molecule has 25 heavy (non-hydrogen) atoms. The minimum atomic E-state index is -0.0317. The number of carbonyl (C=O) groups excluding carboxylic acids is 2. The summed E-state index contributed by atoms with van der Waals surface area (Å²) in [6, 6.07) is 11.7. The first kappa shape index (κ1) is 18.1. The van der Waals surface area contributed by atoms with Crippen LogP contribution < -0.4 is 5.32 Å². The van der Waals surface area contributed by atoms with Crippen molar-refractivity contribution < 1.29 is 9.59 Å². The van der Waals surface area contributed by atoms with Crippen LogP contribution in [0.15, 0.2) is 46.3 Å². The van der Waals surface area contributed by atoms with Crippen molar-refractivity contribution in [1.29, 1.82) is 0 Å². The number of rotatable bonds is 4. The maximum atomic E-state index is 12.5.